The van der Waals surface area contributed by atoms with E-state index < -0.39 is 0 Å². The minimum atomic E-state index is 0.579. The van der Waals surface area contributed by atoms with Crippen LogP contribution < -0.4 is 0 Å². The van der Waals surface area contributed by atoms with Gasteiger partial charge in [0.05, 0.1) is 0 Å². The molecule has 3 aromatic heterocycles. The highest BCUT2D eigenvalue weighted by Gasteiger charge is 2.18. The Morgan fingerprint density at radius 3 is 1.39 bits per heavy atom. The molecule has 0 spiro atoms. The molecule has 11 aromatic rings. The fourth-order valence-electron chi connectivity index (χ4n) is 7.63. The van der Waals surface area contributed by atoms with Gasteiger partial charge in [0.25, 0.3) is 0 Å². The number of fused-ring (bicyclic) bond motifs is 6. The van der Waals surface area contributed by atoms with Crippen LogP contribution in [0.15, 0.2) is 191 Å². The molecule has 56 heavy (non-hydrogen) atoms. The van der Waals surface area contributed by atoms with Gasteiger partial charge in [0.1, 0.15) is 11.1 Å². The lowest BCUT2D eigenvalue weighted by atomic mass is 9.91. The Balaban J connectivity index is 0.963. The van der Waals surface area contributed by atoms with Crippen LogP contribution >= 0.6 is 0 Å². The molecule has 6 heteroatoms. The summed E-state index contributed by atoms with van der Waals surface area (Å²) in [4.78, 5) is 19.4. The minimum Gasteiger partial charge on any atom is -0.452 e. The molecule has 0 saturated carbocycles. The van der Waals surface area contributed by atoms with Crippen molar-refractivity contribution < 1.29 is 8.83 Å². The zero-order valence-corrected chi connectivity index (χ0v) is 29.9. The van der Waals surface area contributed by atoms with E-state index in [1.54, 1.807) is 0 Å². The molecule has 0 aliphatic heterocycles. The van der Waals surface area contributed by atoms with E-state index in [1.807, 2.05) is 97.1 Å². The summed E-state index contributed by atoms with van der Waals surface area (Å²) < 4.78 is 12.8. The molecule has 0 unspecified atom stereocenters. The van der Waals surface area contributed by atoms with Crippen molar-refractivity contribution in [2.45, 2.75) is 0 Å². The van der Waals surface area contributed by atoms with Gasteiger partial charge in [0.2, 0.25) is 5.89 Å². The highest BCUT2D eigenvalue weighted by atomic mass is 16.4. The van der Waals surface area contributed by atoms with Crippen LogP contribution in [0.4, 0.5) is 0 Å². The van der Waals surface area contributed by atoms with Gasteiger partial charge in [-0.05, 0) is 69.4 Å². The van der Waals surface area contributed by atoms with Gasteiger partial charge in [-0.2, -0.15) is 0 Å². The summed E-state index contributed by atoms with van der Waals surface area (Å²) >= 11 is 0. The van der Waals surface area contributed by atoms with Gasteiger partial charge in [-0.25, -0.2) is 19.9 Å². The summed E-state index contributed by atoms with van der Waals surface area (Å²) in [5, 5.41) is 4.36. The molecule has 0 bridgehead atoms. The number of aromatic nitrogens is 4. The average Bonchev–Trinajstić information content (AvgIpc) is 3.89. The molecule has 8 aromatic carbocycles. The normalized spacial score (nSPS) is 11.6. The molecule has 0 saturated heterocycles. The third kappa shape index (κ3) is 5.43. The summed E-state index contributed by atoms with van der Waals surface area (Å²) in [6.45, 7) is 0. The molecule has 0 fully saturated rings. The van der Waals surface area contributed by atoms with E-state index in [0.29, 0.717) is 34.5 Å². The summed E-state index contributed by atoms with van der Waals surface area (Å²) in [6, 6.07) is 62.1. The van der Waals surface area contributed by atoms with Crippen LogP contribution in [0.25, 0.3) is 112 Å². The van der Waals surface area contributed by atoms with Crippen LogP contribution in [-0.2, 0) is 0 Å². The van der Waals surface area contributed by atoms with Crippen LogP contribution in [0, 0.1) is 0 Å². The minimum absolute atomic E-state index is 0.579. The topological polar surface area (TPSA) is 77.8 Å². The predicted octanol–water partition coefficient (Wildman–Crippen LogP) is 13.1. The number of furan rings is 1. The maximum atomic E-state index is 6.55. The SMILES string of the molecule is c1ccc(-c2nc(-c3ccccc3)nc(-c3ccc(-c4ccc(-c5ccc6c(c5)oc5c6ccc6nc(-c7ccccc7)oc65)c5ccccc45)cc3)n2)cc1. The Bertz CT molecular complexity index is 3170. The second-order valence-corrected chi connectivity index (χ2v) is 13.8. The van der Waals surface area contributed by atoms with Crippen LogP contribution in [0.3, 0.4) is 0 Å². The lowest BCUT2D eigenvalue weighted by molar-refractivity contribution is 0.603. The molecule has 0 N–H and O–H groups in total. The highest BCUT2D eigenvalue weighted by Crippen LogP contribution is 2.40. The van der Waals surface area contributed by atoms with Gasteiger partial charge < -0.3 is 8.83 Å². The number of hydrogen-bond donors (Lipinski definition) is 0. The second-order valence-electron chi connectivity index (χ2n) is 13.8. The highest BCUT2D eigenvalue weighted by molar-refractivity contribution is 6.14. The smallest absolute Gasteiger partial charge is 0.227 e. The van der Waals surface area contributed by atoms with E-state index in [2.05, 4.69) is 84.9 Å². The van der Waals surface area contributed by atoms with Crippen molar-refractivity contribution >= 4 is 43.8 Å². The van der Waals surface area contributed by atoms with Gasteiger partial charge >= 0.3 is 0 Å². The summed E-state index contributed by atoms with van der Waals surface area (Å²) in [6.07, 6.45) is 0. The molecule has 11 rings (SSSR count). The number of nitrogens with zero attached hydrogens (tertiary/aromatic N) is 4. The summed E-state index contributed by atoms with van der Waals surface area (Å²) in [5.74, 6) is 2.50. The van der Waals surface area contributed by atoms with E-state index in [-0.39, 0.29) is 0 Å². The maximum Gasteiger partial charge on any atom is 0.227 e. The molecule has 3 heterocycles. The average molecular weight is 719 g/mol. The van der Waals surface area contributed by atoms with E-state index in [9.17, 15) is 0 Å². The molecule has 0 atom stereocenters. The first-order valence-corrected chi connectivity index (χ1v) is 18.5. The largest absolute Gasteiger partial charge is 0.452 e. The molecule has 0 amide bonds. The Morgan fingerprint density at radius 2 is 0.786 bits per heavy atom. The predicted molar refractivity (Wildman–Crippen MR) is 225 cm³/mol. The second kappa shape index (κ2) is 13.0. The quantitative estimate of drug-likeness (QED) is 0.170. The van der Waals surface area contributed by atoms with Crippen LogP contribution in [0.2, 0.25) is 0 Å². The molecule has 0 radical (unpaired) electrons. The van der Waals surface area contributed by atoms with Gasteiger partial charge in [-0.1, -0.05) is 146 Å². The first-order chi connectivity index (χ1) is 27.7. The zero-order valence-electron chi connectivity index (χ0n) is 29.9. The monoisotopic (exact) mass is 718 g/mol. The standard InChI is InChI=1S/C50H30N4O2/c1-4-12-32(13-5-1)47-52-48(33-14-6-2-7-15-33)54-49(53-47)34-22-20-31(21-23-34)37-26-27-38(40-19-11-10-18-39(37)40)36-24-25-41-42-28-29-43-46(45(42)55-44(41)30-36)56-50(51-43)35-16-8-3-9-17-35/h1-30H. The van der Waals surface area contributed by atoms with Crippen molar-refractivity contribution in [1.82, 2.24) is 19.9 Å². The number of oxazole rings is 1. The first-order valence-electron chi connectivity index (χ1n) is 18.5. The Morgan fingerprint density at radius 1 is 0.304 bits per heavy atom. The van der Waals surface area contributed by atoms with Gasteiger partial charge in [-0.3, -0.25) is 0 Å². The van der Waals surface area contributed by atoms with Crippen molar-refractivity contribution in [3.8, 4) is 67.9 Å². The fraction of sp³-hybridized carbons (Fsp3) is 0. The zero-order chi connectivity index (χ0) is 37.0. The number of hydrogen-bond acceptors (Lipinski definition) is 6. The van der Waals surface area contributed by atoms with E-state index in [1.165, 1.54) is 0 Å². The van der Waals surface area contributed by atoms with Gasteiger partial charge in [0.15, 0.2) is 28.6 Å². The lowest BCUT2D eigenvalue weighted by Crippen LogP contribution is -2.00. The Kier molecular flexibility index (Phi) is 7.38. The van der Waals surface area contributed by atoms with Crippen molar-refractivity contribution in [2.75, 3.05) is 0 Å². The summed E-state index contributed by atoms with van der Waals surface area (Å²) in [5.41, 5.74) is 11.1. The third-order valence-electron chi connectivity index (χ3n) is 10.4. The lowest BCUT2D eigenvalue weighted by Gasteiger charge is -2.13. The van der Waals surface area contributed by atoms with Crippen LogP contribution in [0.1, 0.15) is 0 Å². The van der Waals surface area contributed by atoms with Crippen molar-refractivity contribution in [3.63, 3.8) is 0 Å². The van der Waals surface area contributed by atoms with Crippen molar-refractivity contribution in [3.05, 3.63) is 182 Å². The molecule has 262 valence electrons. The van der Waals surface area contributed by atoms with Crippen molar-refractivity contribution in [1.29, 1.82) is 0 Å². The van der Waals surface area contributed by atoms with Crippen LogP contribution in [0.5, 0.6) is 0 Å². The van der Waals surface area contributed by atoms with Gasteiger partial charge in [0, 0.05) is 33.0 Å². The third-order valence-corrected chi connectivity index (χ3v) is 10.4. The number of rotatable bonds is 6. The molecule has 0 aliphatic carbocycles. The van der Waals surface area contributed by atoms with E-state index in [0.717, 1.165) is 77.2 Å². The van der Waals surface area contributed by atoms with Gasteiger partial charge in [-0.15, -0.1) is 0 Å². The molecular weight excluding hydrogens is 689 g/mol. The molecule has 6 nitrogen and oxygen atoms in total. The molecular formula is C50H30N4O2. The van der Waals surface area contributed by atoms with Crippen molar-refractivity contribution in [2.24, 2.45) is 0 Å². The molecule has 0 aliphatic rings. The fourth-order valence-corrected chi connectivity index (χ4v) is 7.63. The van der Waals surface area contributed by atoms with Crippen LogP contribution in [-0.4, -0.2) is 19.9 Å². The number of benzene rings is 8. The first kappa shape index (κ1) is 31.8. The Hall–Kier alpha value is -7.70. The van der Waals surface area contributed by atoms with E-state index >= 15 is 0 Å². The van der Waals surface area contributed by atoms with E-state index in [4.69, 9.17) is 28.8 Å². The summed E-state index contributed by atoms with van der Waals surface area (Å²) in [7, 11) is 0. The maximum absolute atomic E-state index is 6.55. The Labute approximate surface area is 321 Å².